The summed E-state index contributed by atoms with van der Waals surface area (Å²) in [4.78, 5) is 13.4. The van der Waals surface area contributed by atoms with E-state index in [9.17, 15) is 4.79 Å². The van der Waals surface area contributed by atoms with E-state index in [2.05, 4.69) is 43.0 Å². The first kappa shape index (κ1) is 15.0. The third-order valence-corrected chi connectivity index (χ3v) is 4.23. The number of hydrogen-bond acceptors (Lipinski definition) is 3. The summed E-state index contributed by atoms with van der Waals surface area (Å²) in [7, 11) is 0. The van der Waals surface area contributed by atoms with Crippen molar-refractivity contribution >= 4 is 5.97 Å². The quantitative estimate of drug-likeness (QED) is 0.884. The van der Waals surface area contributed by atoms with Gasteiger partial charge in [0.15, 0.2) is 0 Å². The zero-order valence-electron chi connectivity index (χ0n) is 12.3. The van der Waals surface area contributed by atoms with Gasteiger partial charge in [-0.15, -0.1) is 0 Å². The number of carboxylic acid groups (broad SMARTS) is 1. The van der Waals surface area contributed by atoms with Gasteiger partial charge in [0.1, 0.15) is 5.54 Å². The first-order chi connectivity index (χ1) is 9.40. The number of nitrogens with zero attached hydrogens (tertiary/aromatic N) is 1. The average Bonchev–Trinajstić information content (AvgIpc) is 2.42. The van der Waals surface area contributed by atoms with Crippen molar-refractivity contribution in [3.05, 3.63) is 35.4 Å². The molecule has 4 heteroatoms. The minimum absolute atomic E-state index is 0.520. The fourth-order valence-corrected chi connectivity index (χ4v) is 2.59. The molecule has 0 unspecified atom stereocenters. The van der Waals surface area contributed by atoms with E-state index in [0.717, 1.165) is 19.6 Å². The van der Waals surface area contributed by atoms with E-state index >= 15 is 0 Å². The Morgan fingerprint density at radius 3 is 2.30 bits per heavy atom. The highest BCUT2D eigenvalue weighted by Crippen LogP contribution is 2.22. The zero-order chi connectivity index (χ0) is 14.8. The molecule has 1 aliphatic heterocycles. The number of aliphatic carboxylic acids is 1. The lowest BCUT2D eigenvalue weighted by Crippen LogP contribution is -2.55. The van der Waals surface area contributed by atoms with Crippen LogP contribution in [-0.2, 0) is 11.3 Å². The summed E-state index contributed by atoms with van der Waals surface area (Å²) >= 11 is 0. The van der Waals surface area contributed by atoms with Gasteiger partial charge in [0, 0.05) is 19.6 Å². The van der Waals surface area contributed by atoms with Crippen LogP contribution in [0.4, 0.5) is 0 Å². The molecule has 0 radical (unpaired) electrons. The second-order valence-corrected chi connectivity index (χ2v) is 6.13. The number of benzene rings is 1. The third kappa shape index (κ3) is 3.38. The fraction of sp³-hybridized carbons (Fsp3) is 0.562. The Hall–Kier alpha value is -1.39. The van der Waals surface area contributed by atoms with E-state index in [1.165, 1.54) is 11.1 Å². The number of nitrogens with two attached hydrogens (primary N) is 1. The van der Waals surface area contributed by atoms with Crippen molar-refractivity contribution < 1.29 is 9.90 Å². The molecule has 3 N–H and O–H groups in total. The van der Waals surface area contributed by atoms with E-state index in [-0.39, 0.29) is 0 Å². The van der Waals surface area contributed by atoms with Gasteiger partial charge in [-0.2, -0.15) is 0 Å². The molecule has 110 valence electrons. The molecule has 1 aromatic carbocycles. The van der Waals surface area contributed by atoms with Crippen LogP contribution in [0.2, 0.25) is 0 Å². The molecule has 4 nitrogen and oxygen atoms in total. The Kier molecular flexibility index (Phi) is 4.45. The smallest absolute Gasteiger partial charge is 0.323 e. The predicted molar refractivity (Wildman–Crippen MR) is 79.6 cm³/mol. The molecule has 0 spiro atoms. The molecule has 20 heavy (non-hydrogen) atoms. The van der Waals surface area contributed by atoms with Gasteiger partial charge >= 0.3 is 5.97 Å². The van der Waals surface area contributed by atoms with Crippen LogP contribution in [0, 0.1) is 0 Å². The van der Waals surface area contributed by atoms with Crippen molar-refractivity contribution in [3.63, 3.8) is 0 Å². The molecule has 1 aromatic rings. The van der Waals surface area contributed by atoms with Gasteiger partial charge in [0.2, 0.25) is 0 Å². The van der Waals surface area contributed by atoms with E-state index in [1.807, 2.05) is 0 Å². The molecule has 2 rings (SSSR count). The van der Waals surface area contributed by atoms with Gasteiger partial charge in [-0.1, -0.05) is 38.1 Å². The highest BCUT2D eigenvalue weighted by Gasteiger charge is 2.37. The van der Waals surface area contributed by atoms with Crippen molar-refractivity contribution in [1.82, 2.24) is 4.90 Å². The second kappa shape index (κ2) is 5.94. The van der Waals surface area contributed by atoms with Gasteiger partial charge in [-0.3, -0.25) is 9.69 Å². The maximum Gasteiger partial charge on any atom is 0.323 e. The molecule has 1 aliphatic rings. The van der Waals surface area contributed by atoms with E-state index in [0.29, 0.717) is 18.8 Å². The Morgan fingerprint density at radius 1 is 1.30 bits per heavy atom. The summed E-state index contributed by atoms with van der Waals surface area (Å²) in [5.41, 5.74) is 7.47. The number of hydrogen-bond donors (Lipinski definition) is 2. The second-order valence-electron chi connectivity index (χ2n) is 6.13. The summed E-state index contributed by atoms with van der Waals surface area (Å²) in [6.45, 7) is 6.73. The van der Waals surface area contributed by atoms with Crippen LogP contribution in [0.3, 0.4) is 0 Å². The first-order valence-electron chi connectivity index (χ1n) is 7.24. The maximum absolute atomic E-state index is 11.1. The van der Waals surface area contributed by atoms with E-state index < -0.39 is 11.5 Å². The Labute approximate surface area is 120 Å². The Bertz CT molecular complexity index is 460. The first-order valence-corrected chi connectivity index (χ1v) is 7.24. The fourth-order valence-electron chi connectivity index (χ4n) is 2.59. The van der Waals surface area contributed by atoms with Crippen molar-refractivity contribution in [3.8, 4) is 0 Å². The lowest BCUT2D eigenvalue weighted by molar-refractivity contribution is -0.145. The average molecular weight is 276 g/mol. The molecule has 0 amide bonds. The molecule has 0 aliphatic carbocycles. The van der Waals surface area contributed by atoms with Gasteiger partial charge in [-0.05, 0) is 29.9 Å². The third-order valence-electron chi connectivity index (χ3n) is 4.23. The number of likely N-dealkylation sites (tertiary alicyclic amines) is 1. The van der Waals surface area contributed by atoms with Crippen LogP contribution in [0.1, 0.15) is 43.7 Å². The number of carbonyl (C=O) groups is 1. The lowest BCUT2D eigenvalue weighted by atomic mass is 9.88. The summed E-state index contributed by atoms with van der Waals surface area (Å²) in [5, 5.41) is 9.11. The predicted octanol–water partition coefficient (Wildman–Crippen LogP) is 2.19. The Morgan fingerprint density at radius 2 is 1.85 bits per heavy atom. The van der Waals surface area contributed by atoms with Gasteiger partial charge in [0.05, 0.1) is 0 Å². The molecular weight excluding hydrogens is 252 g/mol. The minimum atomic E-state index is -1.03. The lowest BCUT2D eigenvalue weighted by Gasteiger charge is -2.36. The molecule has 1 saturated heterocycles. The van der Waals surface area contributed by atoms with Crippen LogP contribution in [0.25, 0.3) is 0 Å². The van der Waals surface area contributed by atoms with E-state index in [1.54, 1.807) is 0 Å². The summed E-state index contributed by atoms with van der Waals surface area (Å²) < 4.78 is 0. The molecule has 1 fully saturated rings. The maximum atomic E-state index is 11.1. The minimum Gasteiger partial charge on any atom is -0.480 e. The summed E-state index contributed by atoms with van der Waals surface area (Å²) in [6.07, 6.45) is 1.04. The zero-order valence-corrected chi connectivity index (χ0v) is 12.3. The van der Waals surface area contributed by atoms with Gasteiger partial charge in [0.25, 0.3) is 0 Å². The van der Waals surface area contributed by atoms with Crippen LogP contribution >= 0.6 is 0 Å². The summed E-state index contributed by atoms with van der Waals surface area (Å²) in [5.74, 6) is -0.328. The van der Waals surface area contributed by atoms with Crippen molar-refractivity contribution in [1.29, 1.82) is 0 Å². The van der Waals surface area contributed by atoms with Crippen molar-refractivity contribution in [2.45, 2.75) is 44.7 Å². The van der Waals surface area contributed by atoms with Crippen LogP contribution < -0.4 is 5.73 Å². The van der Waals surface area contributed by atoms with Crippen LogP contribution in [0.15, 0.2) is 24.3 Å². The normalized spacial score (nSPS) is 19.2. The number of rotatable bonds is 4. The monoisotopic (exact) mass is 276 g/mol. The van der Waals surface area contributed by atoms with E-state index in [4.69, 9.17) is 10.8 Å². The number of carboxylic acids is 1. The topological polar surface area (TPSA) is 66.6 Å². The molecule has 0 bridgehead atoms. The molecule has 1 heterocycles. The largest absolute Gasteiger partial charge is 0.480 e. The highest BCUT2D eigenvalue weighted by atomic mass is 16.4. The van der Waals surface area contributed by atoms with Gasteiger partial charge < -0.3 is 10.8 Å². The summed E-state index contributed by atoms with van der Waals surface area (Å²) in [6, 6.07) is 8.68. The molecular formula is C16H24N2O2. The number of piperidine rings is 1. The van der Waals surface area contributed by atoms with Crippen molar-refractivity contribution in [2.75, 3.05) is 13.1 Å². The van der Waals surface area contributed by atoms with Crippen LogP contribution in [0.5, 0.6) is 0 Å². The highest BCUT2D eigenvalue weighted by molar-refractivity contribution is 5.78. The van der Waals surface area contributed by atoms with Gasteiger partial charge in [-0.25, -0.2) is 0 Å². The molecule has 0 saturated carbocycles. The van der Waals surface area contributed by atoms with Crippen LogP contribution in [-0.4, -0.2) is 34.6 Å². The SMILES string of the molecule is CC(C)c1ccc(CN2CCC(N)(C(=O)O)CC2)cc1. The van der Waals surface area contributed by atoms with Crippen molar-refractivity contribution in [2.24, 2.45) is 5.73 Å². The Balaban J connectivity index is 1.91. The standard InChI is InChI=1S/C16H24N2O2/c1-12(2)14-5-3-13(4-6-14)11-18-9-7-16(17,8-10-18)15(19)20/h3-6,12H,7-11,17H2,1-2H3,(H,19,20). The molecule has 0 aromatic heterocycles. The molecule has 0 atom stereocenters.